The van der Waals surface area contributed by atoms with E-state index in [1.807, 2.05) is 54.6 Å². The Hall–Kier alpha value is -4.16. The van der Waals surface area contributed by atoms with Crippen LogP contribution in [-0.2, 0) is 24.2 Å². The average Bonchev–Trinajstić information content (AvgIpc) is 2.93. The predicted molar refractivity (Wildman–Crippen MR) is 148 cm³/mol. The summed E-state index contributed by atoms with van der Waals surface area (Å²) < 4.78 is 26.4. The fourth-order valence-electron chi connectivity index (χ4n) is 3.93. The lowest BCUT2D eigenvalue weighted by Gasteiger charge is -2.15. The van der Waals surface area contributed by atoms with E-state index in [-0.39, 0.29) is 42.9 Å². The molecule has 0 bridgehead atoms. The number of ether oxygens (including phenoxy) is 1. The highest BCUT2D eigenvalue weighted by Crippen LogP contribution is 2.27. The number of halogens is 1. The van der Waals surface area contributed by atoms with Crippen LogP contribution < -0.4 is 15.4 Å². The minimum absolute atomic E-state index is 0. The van der Waals surface area contributed by atoms with Gasteiger partial charge in [0.15, 0.2) is 0 Å². The van der Waals surface area contributed by atoms with Crippen molar-refractivity contribution in [3.05, 3.63) is 120 Å². The van der Waals surface area contributed by atoms with Crippen molar-refractivity contribution in [1.82, 2.24) is 15.6 Å². The normalized spacial score (nSPS) is 11.7. The Morgan fingerprint density at radius 3 is 2.38 bits per heavy atom. The number of rotatable bonds is 10. The monoisotopic (exact) mass is 519 g/mol. The van der Waals surface area contributed by atoms with Crippen LogP contribution in [0.4, 0.5) is 0 Å². The molecule has 3 aromatic carbocycles. The van der Waals surface area contributed by atoms with Crippen LogP contribution in [0.5, 0.6) is 5.75 Å². The molecule has 6 nitrogen and oxygen atoms in total. The molecule has 1 heterocycles. The summed E-state index contributed by atoms with van der Waals surface area (Å²) in [5, 5.41) is 5.94. The van der Waals surface area contributed by atoms with Crippen molar-refractivity contribution < 1.29 is 18.4 Å². The number of hydrogen-bond acceptors (Lipinski definition) is 4. The fraction of sp³-hybridized carbons (Fsp3) is 0.167. The average molecular weight is 520 g/mol. The number of carbonyl (C=O) groups is 2. The van der Waals surface area contributed by atoms with Crippen LogP contribution in [0, 0.1) is 0 Å². The number of benzene rings is 3. The quantitative estimate of drug-likeness (QED) is 0.289. The molecule has 0 aliphatic rings. The maximum atomic E-state index is 13.1. The minimum Gasteiger partial charge on any atom is -0.497 e. The molecule has 4 rings (SSSR count). The number of nitrogens with one attached hydrogen (secondary N) is 2. The lowest BCUT2D eigenvalue weighted by molar-refractivity contribution is -0.120. The third-order valence-electron chi connectivity index (χ3n) is 5.78. The molecule has 0 aliphatic heterocycles. The summed E-state index contributed by atoms with van der Waals surface area (Å²) in [6.45, 7) is 0.770. The van der Waals surface area contributed by atoms with E-state index in [4.69, 9.17) is 8.85 Å². The molecule has 0 radical (unpaired) electrons. The van der Waals surface area contributed by atoms with Crippen molar-refractivity contribution in [2.75, 3.05) is 13.6 Å². The lowest BCUT2D eigenvalue weighted by atomic mass is 9.95. The van der Waals surface area contributed by atoms with Crippen molar-refractivity contribution >= 4 is 24.2 Å². The van der Waals surface area contributed by atoms with Gasteiger partial charge in [-0.05, 0) is 58.5 Å². The van der Waals surface area contributed by atoms with Gasteiger partial charge >= 0.3 is 0 Å². The van der Waals surface area contributed by atoms with E-state index in [0.29, 0.717) is 18.5 Å². The molecular formula is C30H30ClN3O3. The van der Waals surface area contributed by atoms with Gasteiger partial charge in [-0.15, -0.1) is 12.4 Å². The number of hydrogen-bond donors (Lipinski definition) is 2. The van der Waals surface area contributed by atoms with Gasteiger partial charge in [-0.25, -0.2) is 0 Å². The molecule has 2 N–H and O–H groups in total. The van der Waals surface area contributed by atoms with E-state index in [9.17, 15) is 9.59 Å². The van der Waals surface area contributed by atoms with Crippen molar-refractivity contribution in [2.45, 2.75) is 19.4 Å². The zero-order chi connectivity index (χ0) is 27.7. The molecule has 0 unspecified atom stereocenters. The van der Waals surface area contributed by atoms with Gasteiger partial charge in [-0.3, -0.25) is 14.6 Å². The fourth-order valence-corrected chi connectivity index (χ4v) is 3.93. The highest BCUT2D eigenvalue weighted by molar-refractivity contribution is 6.01. The summed E-state index contributed by atoms with van der Waals surface area (Å²) in [5.41, 5.74) is 4.86. The molecule has 4 aromatic rings. The van der Waals surface area contributed by atoms with E-state index >= 15 is 0 Å². The number of pyridine rings is 1. The molecular weight excluding hydrogens is 487 g/mol. The summed E-state index contributed by atoms with van der Waals surface area (Å²) >= 11 is 0. The standard InChI is InChI=1S/C30H29N3O3.ClH/c1-36-25-14-12-22(13-15-25)19-29(34)33-21-24-8-2-3-9-26(24)27-10-4-5-11-28(27)30(35)32-18-16-23-7-6-17-31-20-23;/h2-15,17,20H,16,18-19,21H2,1H3,(H,32,35)(H,33,34);1H/i1+1D3;. The van der Waals surface area contributed by atoms with Gasteiger partial charge in [0.2, 0.25) is 5.91 Å². The van der Waals surface area contributed by atoms with Crippen LogP contribution in [0.25, 0.3) is 11.1 Å². The second kappa shape index (κ2) is 13.8. The van der Waals surface area contributed by atoms with E-state index in [1.165, 1.54) is 12.1 Å². The topological polar surface area (TPSA) is 80.3 Å². The van der Waals surface area contributed by atoms with Crippen molar-refractivity contribution in [3.8, 4) is 16.9 Å². The zero-order valence-corrected chi connectivity index (χ0v) is 21.0. The second-order valence-corrected chi connectivity index (χ2v) is 8.27. The molecule has 1 aromatic heterocycles. The van der Waals surface area contributed by atoms with Gasteiger partial charge in [0.05, 0.1) is 17.6 Å². The highest BCUT2D eigenvalue weighted by Gasteiger charge is 2.15. The number of methoxy groups -OCH3 is 1. The first kappa shape index (κ1) is 23.3. The van der Waals surface area contributed by atoms with Crippen molar-refractivity contribution in [3.63, 3.8) is 0 Å². The predicted octanol–water partition coefficient (Wildman–Crippen LogP) is 5.01. The lowest BCUT2D eigenvalue weighted by Crippen LogP contribution is -2.26. The Bertz CT molecular complexity index is 1420. The molecule has 190 valence electrons. The van der Waals surface area contributed by atoms with Gasteiger partial charge in [0, 0.05) is 31.0 Å². The van der Waals surface area contributed by atoms with E-state index < -0.39 is 7.04 Å². The molecule has 7 heteroatoms. The van der Waals surface area contributed by atoms with Gasteiger partial charge in [-0.2, -0.15) is 0 Å². The number of amides is 2. The van der Waals surface area contributed by atoms with Gasteiger partial charge < -0.3 is 15.4 Å². The van der Waals surface area contributed by atoms with Gasteiger partial charge in [0.25, 0.3) is 5.91 Å². The number of carbonyl (C=O) groups excluding carboxylic acids is 2. The summed E-state index contributed by atoms with van der Waals surface area (Å²) in [5.74, 6) is -0.136. The third kappa shape index (κ3) is 7.66. The van der Waals surface area contributed by atoms with Crippen LogP contribution in [0.2, 0.25) is 0 Å². The molecule has 0 atom stereocenters. The first-order valence-corrected chi connectivity index (χ1v) is 11.7. The Balaban J connectivity index is 0.00000441. The van der Waals surface area contributed by atoms with E-state index in [2.05, 4.69) is 15.6 Å². The van der Waals surface area contributed by atoms with Crippen LogP contribution in [0.15, 0.2) is 97.3 Å². The van der Waals surface area contributed by atoms with Crippen molar-refractivity contribution in [2.24, 2.45) is 0 Å². The summed E-state index contributed by atoms with van der Waals surface area (Å²) in [4.78, 5) is 29.8. The molecule has 2 amide bonds. The SMILES string of the molecule is Cl.[2H][13C]([2H])([2H])Oc1ccc(CC(=O)NCc2ccccc2-c2ccccc2C(=O)NCCc2cccnc2)cc1. The maximum Gasteiger partial charge on any atom is 0.251 e. The smallest absolute Gasteiger partial charge is 0.251 e. The molecule has 0 aliphatic carbocycles. The van der Waals surface area contributed by atoms with Gasteiger partial charge in [-0.1, -0.05) is 60.7 Å². The Morgan fingerprint density at radius 2 is 1.62 bits per heavy atom. The summed E-state index contributed by atoms with van der Waals surface area (Å²) in [6.07, 6.45) is 4.32. The molecule has 0 saturated heterocycles. The van der Waals surface area contributed by atoms with Crippen LogP contribution in [0.3, 0.4) is 0 Å². The van der Waals surface area contributed by atoms with Crippen LogP contribution in [-0.4, -0.2) is 30.4 Å². The molecule has 0 saturated carbocycles. The van der Waals surface area contributed by atoms with E-state index in [0.717, 1.165) is 27.8 Å². The molecule has 0 spiro atoms. The summed E-state index contributed by atoms with van der Waals surface area (Å²) in [7, 11) is -2.52. The number of nitrogens with zero attached hydrogens (tertiary/aromatic N) is 1. The first-order chi connectivity index (χ1) is 18.8. The van der Waals surface area contributed by atoms with Crippen LogP contribution >= 0.6 is 12.4 Å². The molecule has 0 fully saturated rings. The van der Waals surface area contributed by atoms with Gasteiger partial charge in [0.1, 0.15) is 5.75 Å². The summed E-state index contributed by atoms with van der Waals surface area (Å²) in [6, 6.07) is 25.3. The Morgan fingerprint density at radius 1 is 0.865 bits per heavy atom. The minimum atomic E-state index is -2.52. The first-order valence-electron chi connectivity index (χ1n) is 13.2. The second-order valence-electron chi connectivity index (χ2n) is 8.27. The van der Waals surface area contributed by atoms with Crippen LogP contribution in [0.1, 0.15) is 31.2 Å². The Kier molecular flexibility index (Phi) is 8.67. The molecule has 37 heavy (non-hydrogen) atoms. The largest absolute Gasteiger partial charge is 0.497 e. The third-order valence-corrected chi connectivity index (χ3v) is 5.78. The highest BCUT2D eigenvalue weighted by atomic mass is 35.5. The zero-order valence-electron chi connectivity index (χ0n) is 23.1. The maximum absolute atomic E-state index is 13.1. The Labute approximate surface area is 227 Å². The van der Waals surface area contributed by atoms with Crippen molar-refractivity contribution in [1.29, 1.82) is 0 Å². The van der Waals surface area contributed by atoms with E-state index in [1.54, 1.807) is 30.6 Å². The number of aromatic nitrogens is 1.